The molecule has 0 saturated carbocycles. The molecule has 3 aromatic rings. The molecule has 2 aromatic heterocycles. The topological polar surface area (TPSA) is 59.7 Å². The number of aromatic nitrogens is 3. The van der Waals surface area contributed by atoms with Gasteiger partial charge in [0.25, 0.3) is 0 Å². The van der Waals surface area contributed by atoms with E-state index < -0.39 is 0 Å². The van der Waals surface area contributed by atoms with E-state index in [1.807, 2.05) is 0 Å². The van der Waals surface area contributed by atoms with Crippen LogP contribution in [0.3, 0.4) is 0 Å². The predicted molar refractivity (Wildman–Crippen MR) is 86.9 cm³/mol. The predicted octanol–water partition coefficient (Wildman–Crippen LogP) is 3.05. The first-order valence-corrected chi connectivity index (χ1v) is 8.15. The van der Waals surface area contributed by atoms with Gasteiger partial charge in [0.2, 0.25) is 4.96 Å². The highest BCUT2D eigenvalue weighted by Crippen LogP contribution is 2.27. The zero-order valence-electron chi connectivity index (χ0n) is 12.7. The second kappa shape index (κ2) is 6.56. The highest BCUT2D eigenvalue weighted by molar-refractivity contribution is 7.16. The summed E-state index contributed by atoms with van der Waals surface area (Å²) in [5.74, 6) is 0. The van der Waals surface area contributed by atoms with Crippen LogP contribution in [0, 0.1) is 0 Å². The monoisotopic (exact) mass is 317 g/mol. The summed E-state index contributed by atoms with van der Waals surface area (Å²) >= 11 is 1.48. The average Bonchev–Trinajstić information content (AvgIpc) is 3.05. The molecule has 6 heteroatoms. The summed E-state index contributed by atoms with van der Waals surface area (Å²) in [5.41, 5.74) is 3.85. The van der Waals surface area contributed by atoms with E-state index in [2.05, 4.69) is 41.3 Å². The van der Waals surface area contributed by atoms with Gasteiger partial charge >= 0.3 is 0 Å². The van der Waals surface area contributed by atoms with E-state index in [4.69, 9.17) is 4.74 Å². The Morgan fingerprint density at radius 2 is 2.05 bits per heavy atom. The Morgan fingerprint density at radius 3 is 2.68 bits per heavy atom. The molecule has 0 bridgehead atoms. The zero-order chi connectivity index (χ0) is 15.5. The number of aryl methyl sites for hydroxylation is 1. The maximum Gasteiger partial charge on any atom is 0.213 e. The van der Waals surface area contributed by atoms with Gasteiger partial charge < -0.3 is 9.84 Å². The molecule has 3 rings (SSSR count). The molecular weight excluding hydrogens is 298 g/mol. The van der Waals surface area contributed by atoms with E-state index in [1.54, 1.807) is 11.6 Å². The molecule has 0 aliphatic rings. The van der Waals surface area contributed by atoms with Gasteiger partial charge in [-0.25, -0.2) is 9.50 Å². The summed E-state index contributed by atoms with van der Waals surface area (Å²) in [4.78, 5) is 5.42. The number of ether oxygens (including phenoxy) is 1. The van der Waals surface area contributed by atoms with Gasteiger partial charge in [-0.05, 0) is 12.0 Å². The van der Waals surface area contributed by atoms with E-state index in [-0.39, 0.29) is 6.61 Å². The largest absolute Gasteiger partial charge is 0.390 e. The van der Waals surface area contributed by atoms with E-state index in [1.165, 1.54) is 16.9 Å². The summed E-state index contributed by atoms with van der Waals surface area (Å²) in [6, 6.07) is 8.37. The third-order valence-electron chi connectivity index (χ3n) is 3.52. The number of fused-ring (bicyclic) bond motifs is 1. The summed E-state index contributed by atoms with van der Waals surface area (Å²) in [7, 11) is 1.64. The second-order valence-corrected chi connectivity index (χ2v) is 6.18. The lowest BCUT2D eigenvalue weighted by Gasteiger charge is -2.03. The number of aliphatic hydroxyl groups excluding tert-OH is 1. The van der Waals surface area contributed by atoms with Crippen LogP contribution < -0.4 is 0 Å². The number of nitrogens with zero attached hydrogens (tertiary/aromatic N) is 3. The Hall–Kier alpha value is -1.76. The molecule has 0 fully saturated rings. The molecule has 0 atom stereocenters. The third kappa shape index (κ3) is 2.77. The van der Waals surface area contributed by atoms with Gasteiger partial charge in [-0.3, -0.25) is 0 Å². The van der Waals surface area contributed by atoms with Crippen molar-refractivity contribution in [1.29, 1.82) is 0 Å². The molecule has 0 aliphatic heterocycles. The van der Waals surface area contributed by atoms with E-state index >= 15 is 0 Å². The highest BCUT2D eigenvalue weighted by atomic mass is 32.1. The molecule has 116 valence electrons. The van der Waals surface area contributed by atoms with Crippen LogP contribution in [-0.2, 0) is 24.4 Å². The van der Waals surface area contributed by atoms with Crippen LogP contribution in [0.1, 0.15) is 29.6 Å². The standard InChI is InChI=1S/C16H19N3O2S/c1-3-4-11-5-7-12(8-6-11)15-13(9-20)19-16(17-15)22-14(18-19)10-21-2/h5-8,20H,3-4,9-10H2,1-2H3. The Labute approximate surface area is 133 Å². The van der Waals surface area contributed by atoms with Gasteiger partial charge in [-0.1, -0.05) is 48.9 Å². The lowest BCUT2D eigenvalue weighted by atomic mass is 10.1. The zero-order valence-corrected chi connectivity index (χ0v) is 13.6. The Bertz CT molecular complexity index is 762. The fourth-order valence-corrected chi connectivity index (χ4v) is 3.39. The fraction of sp³-hybridized carbons (Fsp3) is 0.375. The maximum atomic E-state index is 9.72. The van der Waals surface area contributed by atoms with Crippen molar-refractivity contribution in [3.05, 3.63) is 40.5 Å². The third-order valence-corrected chi connectivity index (χ3v) is 4.40. The lowest BCUT2D eigenvalue weighted by Crippen LogP contribution is -1.97. The van der Waals surface area contributed by atoms with Crippen molar-refractivity contribution in [2.45, 2.75) is 33.0 Å². The van der Waals surface area contributed by atoms with Crippen molar-refractivity contribution < 1.29 is 9.84 Å². The quantitative estimate of drug-likeness (QED) is 0.759. The molecule has 1 aromatic carbocycles. The number of hydrogen-bond acceptors (Lipinski definition) is 5. The Balaban J connectivity index is 2.00. The average molecular weight is 317 g/mol. The van der Waals surface area contributed by atoms with Crippen LogP contribution >= 0.6 is 11.3 Å². The second-order valence-electron chi connectivity index (χ2n) is 5.14. The first kappa shape index (κ1) is 15.1. The number of methoxy groups -OCH3 is 1. The van der Waals surface area contributed by atoms with Crippen molar-refractivity contribution in [1.82, 2.24) is 14.6 Å². The summed E-state index contributed by atoms with van der Waals surface area (Å²) in [6.45, 7) is 2.54. The summed E-state index contributed by atoms with van der Waals surface area (Å²) in [6.07, 6.45) is 2.21. The molecule has 0 saturated heterocycles. The van der Waals surface area contributed by atoms with Crippen LogP contribution in [0.15, 0.2) is 24.3 Å². The molecule has 1 N–H and O–H groups in total. The molecule has 2 heterocycles. The SMILES string of the molecule is CCCc1ccc(-c2nc3sc(COC)nn3c2CO)cc1. The number of aliphatic hydroxyl groups is 1. The van der Waals surface area contributed by atoms with Gasteiger partial charge in [-0.2, -0.15) is 5.10 Å². The number of hydrogen-bond donors (Lipinski definition) is 1. The van der Waals surface area contributed by atoms with Crippen molar-refractivity contribution in [2.75, 3.05) is 7.11 Å². The fourth-order valence-electron chi connectivity index (χ4n) is 2.50. The molecule has 0 amide bonds. The minimum Gasteiger partial charge on any atom is -0.390 e. The Morgan fingerprint density at radius 1 is 1.27 bits per heavy atom. The van der Waals surface area contributed by atoms with Gasteiger partial charge in [-0.15, -0.1) is 0 Å². The van der Waals surface area contributed by atoms with Gasteiger partial charge in [0.15, 0.2) is 0 Å². The minimum absolute atomic E-state index is 0.0939. The van der Waals surface area contributed by atoms with E-state index in [0.29, 0.717) is 6.61 Å². The Kier molecular flexibility index (Phi) is 4.52. The van der Waals surface area contributed by atoms with E-state index in [9.17, 15) is 5.11 Å². The first-order chi connectivity index (χ1) is 10.8. The van der Waals surface area contributed by atoms with Crippen LogP contribution in [0.5, 0.6) is 0 Å². The van der Waals surface area contributed by atoms with Crippen LogP contribution in [0.4, 0.5) is 0 Å². The smallest absolute Gasteiger partial charge is 0.213 e. The van der Waals surface area contributed by atoms with Crippen molar-refractivity contribution in [3.8, 4) is 11.3 Å². The van der Waals surface area contributed by atoms with Crippen LogP contribution in [-0.4, -0.2) is 26.8 Å². The number of benzene rings is 1. The van der Waals surface area contributed by atoms with Crippen molar-refractivity contribution in [3.63, 3.8) is 0 Å². The van der Waals surface area contributed by atoms with Crippen LogP contribution in [0.25, 0.3) is 16.2 Å². The summed E-state index contributed by atoms with van der Waals surface area (Å²) < 4.78 is 6.81. The first-order valence-electron chi connectivity index (χ1n) is 7.33. The highest BCUT2D eigenvalue weighted by Gasteiger charge is 2.17. The van der Waals surface area contributed by atoms with Crippen molar-refractivity contribution in [2.24, 2.45) is 0 Å². The van der Waals surface area contributed by atoms with Gasteiger partial charge in [0, 0.05) is 12.7 Å². The number of imidazole rings is 1. The molecule has 0 unspecified atom stereocenters. The molecule has 0 radical (unpaired) electrons. The number of rotatable bonds is 6. The van der Waals surface area contributed by atoms with Gasteiger partial charge in [0.1, 0.15) is 5.01 Å². The molecular formula is C16H19N3O2S. The lowest BCUT2D eigenvalue weighted by molar-refractivity contribution is 0.183. The van der Waals surface area contributed by atoms with Gasteiger partial charge in [0.05, 0.1) is 24.6 Å². The molecule has 22 heavy (non-hydrogen) atoms. The normalized spacial score (nSPS) is 11.4. The molecule has 0 aliphatic carbocycles. The summed E-state index contributed by atoms with van der Waals surface area (Å²) in [5, 5.41) is 15.0. The molecule has 5 nitrogen and oxygen atoms in total. The molecule has 0 spiro atoms. The maximum absolute atomic E-state index is 9.72. The van der Waals surface area contributed by atoms with E-state index in [0.717, 1.165) is 39.8 Å². The minimum atomic E-state index is -0.0939. The van der Waals surface area contributed by atoms with Crippen molar-refractivity contribution >= 4 is 16.3 Å². The van der Waals surface area contributed by atoms with Crippen LogP contribution in [0.2, 0.25) is 0 Å².